The van der Waals surface area contributed by atoms with E-state index in [1.165, 1.54) is 18.2 Å². The Morgan fingerprint density at radius 3 is 2.48 bits per heavy atom. The van der Waals surface area contributed by atoms with E-state index in [0.29, 0.717) is 31.2 Å². The summed E-state index contributed by atoms with van der Waals surface area (Å²) in [5.41, 5.74) is 1.39. The molecule has 2 heterocycles. The Kier molecular flexibility index (Phi) is 8.63. The molecule has 3 aromatic rings. The molecule has 2 unspecified atom stereocenters. The molecule has 1 aliphatic heterocycles. The number of nitrogens with one attached hydrogen (secondary N) is 1. The third kappa shape index (κ3) is 6.33. The molecule has 1 saturated heterocycles. The SMILES string of the molecule is Cn1cc(C(=O)Nc2ccc(C(F)C(=O)C(OC3CCC(C(=O)O)CC3)N3CCC(F)(F)C3)cc2Cl)c2ccccc21. The number of ether oxygens (including phenoxy) is 1. The number of benzene rings is 2. The first-order chi connectivity index (χ1) is 19.9. The van der Waals surface area contributed by atoms with E-state index in [4.69, 9.17) is 16.3 Å². The first kappa shape index (κ1) is 30.1. The minimum Gasteiger partial charge on any atom is -0.481 e. The molecule has 2 fully saturated rings. The Bertz CT molecular complexity index is 1500. The van der Waals surface area contributed by atoms with Gasteiger partial charge in [0.1, 0.15) is 0 Å². The number of aliphatic carboxylic acids is 1. The van der Waals surface area contributed by atoms with Crippen molar-refractivity contribution in [2.45, 2.75) is 56.5 Å². The number of fused-ring (bicyclic) bond motifs is 1. The highest BCUT2D eigenvalue weighted by Gasteiger charge is 2.46. The quantitative estimate of drug-likeness (QED) is 0.311. The number of hydrogen-bond acceptors (Lipinski definition) is 5. The summed E-state index contributed by atoms with van der Waals surface area (Å²) in [4.78, 5) is 38.8. The number of para-hydroxylation sites is 1. The lowest BCUT2D eigenvalue weighted by atomic mass is 9.87. The Morgan fingerprint density at radius 2 is 1.83 bits per heavy atom. The van der Waals surface area contributed by atoms with Gasteiger partial charge in [-0.15, -0.1) is 0 Å². The highest BCUT2D eigenvalue weighted by molar-refractivity contribution is 6.34. The van der Waals surface area contributed by atoms with Crippen LogP contribution in [0, 0.1) is 5.92 Å². The van der Waals surface area contributed by atoms with Crippen LogP contribution in [0.3, 0.4) is 0 Å². The number of nitrogens with zero attached hydrogens (tertiary/aromatic N) is 2. The Hall–Kier alpha value is -3.41. The lowest BCUT2D eigenvalue weighted by molar-refractivity contribution is -0.163. The molecule has 2 N–H and O–H groups in total. The van der Waals surface area contributed by atoms with E-state index in [1.54, 1.807) is 6.20 Å². The summed E-state index contributed by atoms with van der Waals surface area (Å²) >= 11 is 6.39. The van der Waals surface area contributed by atoms with Gasteiger partial charge in [0.05, 0.1) is 34.8 Å². The van der Waals surface area contributed by atoms with E-state index in [9.17, 15) is 28.3 Å². The molecule has 1 amide bonds. The first-order valence-electron chi connectivity index (χ1n) is 13.8. The zero-order chi connectivity index (χ0) is 30.2. The third-order valence-electron chi connectivity index (χ3n) is 8.04. The molecule has 42 heavy (non-hydrogen) atoms. The van der Waals surface area contributed by atoms with Crippen LogP contribution in [0.2, 0.25) is 5.02 Å². The number of carboxylic acids is 1. The number of amides is 1. The summed E-state index contributed by atoms with van der Waals surface area (Å²) in [6.07, 6.45) is -1.89. The summed E-state index contributed by atoms with van der Waals surface area (Å²) < 4.78 is 51.5. The molecule has 1 saturated carbocycles. The Labute approximate surface area is 245 Å². The van der Waals surface area contributed by atoms with Crippen molar-refractivity contribution in [2.24, 2.45) is 13.0 Å². The van der Waals surface area contributed by atoms with Crippen LogP contribution in [0.25, 0.3) is 10.9 Å². The van der Waals surface area contributed by atoms with Gasteiger partial charge < -0.3 is 19.7 Å². The maximum absolute atomic E-state index is 15.7. The number of anilines is 1. The van der Waals surface area contributed by atoms with Crippen LogP contribution in [0.4, 0.5) is 18.9 Å². The van der Waals surface area contributed by atoms with E-state index in [2.05, 4.69) is 5.32 Å². The van der Waals surface area contributed by atoms with Gasteiger partial charge in [0.15, 0.2) is 12.4 Å². The molecular weight excluding hydrogens is 575 g/mol. The topological polar surface area (TPSA) is 101 Å². The van der Waals surface area contributed by atoms with Gasteiger partial charge in [-0.2, -0.15) is 0 Å². The lowest BCUT2D eigenvalue weighted by Gasteiger charge is -2.34. The monoisotopic (exact) mass is 605 g/mol. The van der Waals surface area contributed by atoms with Crippen LogP contribution in [0.5, 0.6) is 0 Å². The fraction of sp³-hybridized carbons (Fsp3) is 0.433. The molecule has 1 aromatic heterocycles. The van der Waals surface area contributed by atoms with Crippen LogP contribution in [-0.2, 0) is 21.4 Å². The summed E-state index contributed by atoms with van der Waals surface area (Å²) in [5.74, 6) is -5.96. The second-order valence-electron chi connectivity index (χ2n) is 11.0. The number of ketones is 1. The predicted octanol–water partition coefficient (Wildman–Crippen LogP) is 5.99. The zero-order valence-electron chi connectivity index (χ0n) is 22.9. The molecule has 224 valence electrons. The number of aromatic nitrogens is 1. The van der Waals surface area contributed by atoms with Crippen LogP contribution in [0.15, 0.2) is 48.7 Å². The van der Waals surface area contributed by atoms with Crippen molar-refractivity contribution in [2.75, 3.05) is 18.4 Å². The fourth-order valence-corrected chi connectivity index (χ4v) is 5.95. The van der Waals surface area contributed by atoms with Crippen molar-refractivity contribution in [3.8, 4) is 0 Å². The highest BCUT2D eigenvalue weighted by atomic mass is 35.5. The average Bonchev–Trinajstić information content (AvgIpc) is 3.50. The van der Waals surface area contributed by atoms with Crippen molar-refractivity contribution >= 4 is 45.9 Å². The van der Waals surface area contributed by atoms with E-state index >= 15 is 4.39 Å². The van der Waals surface area contributed by atoms with Crippen molar-refractivity contribution < 1.29 is 37.4 Å². The van der Waals surface area contributed by atoms with Crippen molar-refractivity contribution in [3.05, 3.63) is 64.8 Å². The van der Waals surface area contributed by atoms with Gasteiger partial charge in [0, 0.05) is 37.1 Å². The number of carboxylic acid groups (broad SMARTS) is 1. The molecule has 1 aliphatic carbocycles. The standard InChI is InChI=1S/C30H31ClF3N3O5/c1-36-15-21(20-4-2-3-5-24(20)36)27(39)35-23-11-8-18(14-22(23)31)25(32)26(38)28(37-13-12-30(33,34)16-37)42-19-9-6-17(7-10-19)29(40)41/h2-5,8,11,14-15,17,19,25,28H,6-7,9-10,12-13,16H2,1H3,(H,35,39)(H,40,41). The molecule has 2 atom stereocenters. The number of carbonyl (C=O) groups is 3. The number of aryl methyl sites for hydroxylation is 1. The molecule has 2 aromatic carbocycles. The molecule has 0 bridgehead atoms. The molecule has 5 rings (SSSR count). The van der Waals surface area contributed by atoms with E-state index in [0.717, 1.165) is 15.8 Å². The van der Waals surface area contributed by atoms with Gasteiger partial charge >= 0.3 is 5.97 Å². The zero-order valence-corrected chi connectivity index (χ0v) is 23.6. The Balaban J connectivity index is 1.31. The number of alkyl halides is 3. The van der Waals surface area contributed by atoms with Crippen LogP contribution in [0.1, 0.15) is 54.2 Å². The smallest absolute Gasteiger partial charge is 0.306 e. The van der Waals surface area contributed by atoms with Crippen LogP contribution in [-0.4, -0.2) is 63.6 Å². The van der Waals surface area contributed by atoms with Crippen molar-refractivity contribution in [3.63, 3.8) is 0 Å². The fourth-order valence-electron chi connectivity index (χ4n) is 5.72. The van der Waals surface area contributed by atoms with Crippen LogP contribution >= 0.6 is 11.6 Å². The number of halogens is 4. The third-order valence-corrected chi connectivity index (χ3v) is 8.36. The lowest BCUT2D eigenvalue weighted by Crippen LogP contribution is -2.47. The maximum atomic E-state index is 15.7. The van der Waals surface area contributed by atoms with Crippen molar-refractivity contribution in [1.29, 1.82) is 0 Å². The number of hydrogen-bond donors (Lipinski definition) is 2. The normalized spacial score (nSPS) is 22.1. The minimum atomic E-state index is -3.04. The van der Waals surface area contributed by atoms with Gasteiger partial charge in [-0.25, -0.2) is 13.2 Å². The van der Waals surface area contributed by atoms with Gasteiger partial charge in [0.25, 0.3) is 11.8 Å². The average molecular weight is 606 g/mol. The summed E-state index contributed by atoms with van der Waals surface area (Å²) in [6.45, 7) is -0.902. The maximum Gasteiger partial charge on any atom is 0.306 e. The molecule has 8 nitrogen and oxygen atoms in total. The second-order valence-corrected chi connectivity index (χ2v) is 11.4. The predicted molar refractivity (Wildman–Crippen MR) is 151 cm³/mol. The van der Waals surface area contributed by atoms with Gasteiger partial charge in [-0.1, -0.05) is 35.9 Å². The first-order valence-corrected chi connectivity index (χ1v) is 14.1. The molecule has 12 heteroatoms. The molecule has 0 spiro atoms. The van der Waals surface area contributed by atoms with Gasteiger partial charge in [0.2, 0.25) is 5.78 Å². The van der Waals surface area contributed by atoms with E-state index < -0.39 is 61.0 Å². The molecular formula is C30H31ClF3N3O5. The highest BCUT2D eigenvalue weighted by Crippen LogP contribution is 2.35. The van der Waals surface area contributed by atoms with Gasteiger partial charge in [-0.05, 0) is 49.4 Å². The number of Topliss-reactive ketones (excluding diaryl/α,β-unsaturated/α-hetero) is 1. The number of likely N-dealkylation sites (tertiary alicyclic amines) is 1. The number of carbonyl (C=O) groups excluding carboxylic acids is 2. The largest absolute Gasteiger partial charge is 0.481 e. The number of rotatable bonds is 9. The summed E-state index contributed by atoms with van der Waals surface area (Å²) in [5, 5.41) is 12.7. The van der Waals surface area contributed by atoms with Gasteiger partial charge in [-0.3, -0.25) is 19.3 Å². The second kappa shape index (κ2) is 12.1. The van der Waals surface area contributed by atoms with E-state index in [-0.39, 0.29) is 22.8 Å². The summed E-state index contributed by atoms with van der Waals surface area (Å²) in [7, 11) is 1.82. The molecule has 0 radical (unpaired) electrons. The summed E-state index contributed by atoms with van der Waals surface area (Å²) in [6, 6.07) is 11.3. The van der Waals surface area contributed by atoms with Crippen molar-refractivity contribution in [1.82, 2.24) is 9.47 Å². The Morgan fingerprint density at radius 1 is 1.12 bits per heavy atom. The van der Waals surface area contributed by atoms with E-state index in [1.807, 2.05) is 35.9 Å². The molecule has 2 aliphatic rings. The minimum absolute atomic E-state index is 0.00583. The van der Waals surface area contributed by atoms with Crippen LogP contribution < -0.4 is 5.32 Å².